The van der Waals surface area contributed by atoms with Crippen molar-refractivity contribution in [1.82, 2.24) is 10.2 Å². The van der Waals surface area contributed by atoms with Crippen molar-refractivity contribution < 1.29 is 102 Å². The number of methoxy groups -OCH3 is 2. The number of benzene rings is 6. The van der Waals surface area contributed by atoms with Crippen molar-refractivity contribution in [3.05, 3.63) is 266 Å². The van der Waals surface area contributed by atoms with E-state index in [1.807, 2.05) is 91.9 Å². The number of amides is 2. The summed E-state index contributed by atoms with van der Waals surface area (Å²) in [6, 6.07) is 48.1. The summed E-state index contributed by atoms with van der Waals surface area (Å²) in [6.07, 6.45) is 9.11. The van der Waals surface area contributed by atoms with Crippen molar-refractivity contribution in [2.75, 3.05) is 67.0 Å². The SMILES string of the molecule is CC[n+]1ccccc1N=P(O)(O)OCc1ccc(COP(O)(=NC2=C([N+](=O)[O-])C(=O)N3CCCC4C=CC=C2C43)OCC(COP(=O)([O-])OCC(CCCCN)COP(O)(=NS(=O)(=O)c2ccc(C)cc2)OCCCOC(c2ccccc2)(c2ccc(OC)cc2)c2ccc(OC)cc2)NC(=O)CCc2ccccc2)cc1. The van der Waals surface area contributed by atoms with Gasteiger partial charge in [-0.25, -0.2) is 4.57 Å². The number of carbonyl (C=O) groups excluding carboxylic acids is 2. The molecule has 2 amide bonds. The lowest BCUT2D eigenvalue weighted by Gasteiger charge is -2.44. The zero-order valence-corrected chi connectivity index (χ0v) is 66.8. The molecule has 0 radical (unpaired) electrons. The van der Waals surface area contributed by atoms with Crippen LogP contribution >= 0.6 is 31.0 Å². The number of piperidine rings is 1. The Morgan fingerprint density at radius 1 is 0.714 bits per heavy atom. The number of nitrogens with two attached hydrogens (primary N) is 1. The van der Waals surface area contributed by atoms with Crippen LogP contribution in [0.4, 0.5) is 5.82 Å². The van der Waals surface area contributed by atoms with Gasteiger partial charge in [-0.05, 0) is 135 Å². The number of carbonyl (C=O) groups is 2. The van der Waals surface area contributed by atoms with Gasteiger partial charge < -0.3 is 67.5 Å². The van der Waals surface area contributed by atoms with Gasteiger partial charge in [0.05, 0.1) is 102 Å². The van der Waals surface area contributed by atoms with E-state index in [-0.39, 0.29) is 80.8 Å². The van der Waals surface area contributed by atoms with Gasteiger partial charge in [-0.3, -0.25) is 43.1 Å². The van der Waals surface area contributed by atoms with E-state index in [9.17, 15) is 57.2 Å². The maximum atomic E-state index is 14.2. The second-order valence-electron chi connectivity index (χ2n) is 26.6. The Morgan fingerprint density at radius 2 is 1.31 bits per heavy atom. The number of phosphoric ester groups is 1. The molecule has 0 spiro atoms. The second-order valence-corrected chi connectivity index (χ2v) is 34.7. The minimum absolute atomic E-state index is 0.0344. The van der Waals surface area contributed by atoms with Gasteiger partial charge >= 0.3 is 40.6 Å². The first-order chi connectivity index (χ1) is 53.8. The van der Waals surface area contributed by atoms with Gasteiger partial charge in [0.25, 0.3) is 17.8 Å². The molecule has 0 saturated carbocycles. The maximum absolute atomic E-state index is 14.2. The molecule has 30 nitrogen and oxygen atoms in total. The molecule has 10 rings (SSSR count). The first-order valence-corrected chi connectivity index (χ1v) is 43.9. The van der Waals surface area contributed by atoms with Gasteiger partial charge in [0, 0.05) is 41.2 Å². The normalized spacial score (nSPS) is 17.2. The molecule has 7 atom stereocenters. The van der Waals surface area contributed by atoms with Crippen LogP contribution < -0.4 is 30.0 Å². The van der Waals surface area contributed by atoms with Crippen molar-refractivity contribution in [1.29, 1.82) is 0 Å². The Kier molecular flexibility index (Phi) is 31.1. The Balaban J connectivity index is 0.886. The standard InChI is InChI=1S/C77H94N8O22P4S/c1-5-83-47-15-13-27-71(83)80-108(90,91)102-51-59-30-32-60(33-31-59)52-103-109(92,81-73-70-26-16-22-62-23-17-48-84(74(62)70)76(87)75(73)85(88)89)105-55-66(79-72(86)45-34-58-19-8-6-9-20-58)56-107-111(94,95)106-54-61(21-12-14-46-78)53-104-110(93,82-112(96,97)69-43-28-57(2)29-44-69)101-50-18-49-100-77(63-24-10-7-11-25-63,64-35-39-67(98-3)40-36-64)65-37-41-68(99-4)42-38-65/h6-11,13,15-16,19-20,22,24-33,35-44,47,61-62,66,74H,5,12,14,17-18,21,23,34,45-46,48-56,78H2,1-4H3,(H5-,79,86,90,91,92,93,94,95). The second kappa shape index (κ2) is 40.3. The molecular formula is C77H94N8O22P4S. The van der Waals surface area contributed by atoms with Crippen LogP contribution in [0.5, 0.6) is 11.5 Å². The number of nitrogens with zero attached hydrogens (tertiary/aromatic N) is 6. The summed E-state index contributed by atoms with van der Waals surface area (Å²) in [5.74, 6) is -1.31. The monoisotopic (exact) mass is 1640 g/mol. The summed E-state index contributed by atoms with van der Waals surface area (Å²) < 4.78 is 115. The number of aromatic nitrogens is 1. The van der Waals surface area contributed by atoms with Crippen LogP contribution in [0.15, 0.2) is 236 Å². The lowest BCUT2D eigenvalue weighted by Crippen LogP contribution is -2.53. The smallest absolute Gasteiger partial charge is 0.469 e. The van der Waals surface area contributed by atoms with Crippen LogP contribution in [0.25, 0.3) is 0 Å². The van der Waals surface area contributed by atoms with Gasteiger partial charge in [-0.1, -0.05) is 162 Å². The molecule has 2 aliphatic heterocycles. The van der Waals surface area contributed by atoms with Crippen LogP contribution in [0, 0.1) is 28.9 Å². The summed E-state index contributed by atoms with van der Waals surface area (Å²) in [7, 11) is -21.1. The highest BCUT2D eigenvalue weighted by Gasteiger charge is 2.50. The number of aryl methyl sites for hydroxylation is 3. The van der Waals surface area contributed by atoms with Crippen molar-refractivity contribution in [2.45, 2.75) is 108 Å². The van der Waals surface area contributed by atoms with Crippen LogP contribution in [0.2, 0.25) is 0 Å². The topological polar surface area (TPSA) is 407 Å². The molecule has 1 fully saturated rings. The Labute approximate surface area is 651 Å². The predicted molar refractivity (Wildman–Crippen MR) is 416 cm³/mol. The zero-order chi connectivity index (χ0) is 79.9. The summed E-state index contributed by atoms with van der Waals surface area (Å²) in [5, 5.41) is 15.7. The number of nitro groups is 1. The number of nitrogens with one attached hydrogen (secondary N) is 1. The fourth-order valence-electron chi connectivity index (χ4n) is 12.8. The number of pyridine rings is 1. The zero-order valence-electron chi connectivity index (χ0n) is 62.4. The van der Waals surface area contributed by atoms with E-state index in [1.165, 1.54) is 17.0 Å². The van der Waals surface area contributed by atoms with E-state index in [4.69, 9.17) is 51.6 Å². The third-order valence-electron chi connectivity index (χ3n) is 18.6. The van der Waals surface area contributed by atoms with Gasteiger partial charge in [-0.15, -0.1) is 0 Å². The number of allylic oxidation sites excluding steroid dienone is 2. The molecule has 112 heavy (non-hydrogen) atoms. The molecule has 7 unspecified atom stereocenters. The number of hydrogen-bond acceptors (Lipinski definition) is 21. The van der Waals surface area contributed by atoms with E-state index in [2.05, 4.69) is 19.0 Å². The van der Waals surface area contributed by atoms with E-state index >= 15 is 0 Å². The Bertz CT molecular complexity index is 4740. The number of unbranched alkanes of at least 4 members (excludes halogenated alkanes) is 1. The van der Waals surface area contributed by atoms with Gasteiger partial charge in [0.1, 0.15) is 17.1 Å². The Morgan fingerprint density at radius 3 is 1.95 bits per heavy atom. The van der Waals surface area contributed by atoms with E-state index in [1.54, 1.807) is 129 Å². The molecule has 0 bridgehead atoms. The molecule has 35 heteroatoms. The van der Waals surface area contributed by atoms with E-state index < -0.39 is 126 Å². The lowest BCUT2D eigenvalue weighted by atomic mass is 9.78. The molecule has 1 aliphatic carbocycles. The fraction of sp³-hybridized carbons (Fsp3) is 0.364. The van der Waals surface area contributed by atoms with Crippen molar-refractivity contribution in [3.8, 4) is 11.5 Å². The average molecular weight is 1640 g/mol. The highest BCUT2D eigenvalue weighted by Crippen LogP contribution is 2.55. The number of phosphoric acid groups is 1. The highest BCUT2D eigenvalue weighted by molar-refractivity contribution is 7.93. The van der Waals surface area contributed by atoms with E-state index in [0.29, 0.717) is 54.9 Å². The minimum atomic E-state index is -5.49. The van der Waals surface area contributed by atoms with Crippen LogP contribution in [0.3, 0.4) is 0 Å². The Hall–Kier alpha value is -8.06. The molecule has 7 N–H and O–H groups in total. The third kappa shape index (κ3) is 23.8. The van der Waals surface area contributed by atoms with Crippen LogP contribution in [0.1, 0.15) is 90.8 Å². The number of ether oxygens (including phenoxy) is 3. The molecule has 3 heterocycles. The lowest BCUT2D eigenvalue weighted by molar-refractivity contribution is -0.680. The van der Waals surface area contributed by atoms with Crippen molar-refractivity contribution >= 4 is 58.7 Å². The summed E-state index contributed by atoms with van der Waals surface area (Å²) >= 11 is 0. The quantitative estimate of drug-likeness (QED) is 0.00516. The molecule has 1 saturated heterocycles. The minimum Gasteiger partial charge on any atom is -0.756 e. The molecular weight excluding hydrogens is 1540 g/mol. The number of sulfonamides is 1. The van der Waals surface area contributed by atoms with Gasteiger partial charge in [-0.2, -0.15) is 13.2 Å². The number of rotatable bonds is 43. The predicted octanol–water partition coefficient (Wildman–Crippen LogP) is 12.3. The number of hydrogen-bond donors (Lipinski definition) is 6. The molecule has 3 aliphatic rings. The first kappa shape index (κ1) is 86.3. The van der Waals surface area contributed by atoms with Gasteiger partial charge in [0.2, 0.25) is 5.91 Å². The van der Waals surface area contributed by atoms with Crippen molar-refractivity contribution in [3.63, 3.8) is 0 Å². The van der Waals surface area contributed by atoms with Crippen LogP contribution in [-0.4, -0.2) is 129 Å². The third-order valence-corrected chi connectivity index (χ3v) is 25.5. The summed E-state index contributed by atoms with van der Waals surface area (Å²) in [5.41, 5.74) is 7.97. The molecule has 7 aromatic rings. The largest absolute Gasteiger partial charge is 0.756 e. The first-order valence-electron chi connectivity index (χ1n) is 36.4. The molecule has 6 aromatic carbocycles. The maximum Gasteiger partial charge on any atom is 0.469 e. The van der Waals surface area contributed by atoms with Crippen molar-refractivity contribution in [2.24, 2.45) is 31.2 Å². The van der Waals surface area contributed by atoms with Gasteiger partial charge in [0.15, 0.2) is 5.70 Å². The van der Waals surface area contributed by atoms with E-state index in [0.717, 1.165) is 27.8 Å². The highest BCUT2D eigenvalue weighted by atomic mass is 32.2. The summed E-state index contributed by atoms with van der Waals surface area (Å²) in [6.45, 7) is 0.293. The fourth-order valence-corrected chi connectivity index (χ4v) is 19.0. The van der Waals surface area contributed by atoms with Crippen LogP contribution in [-0.2, 0) is 92.4 Å². The summed E-state index contributed by atoms with van der Waals surface area (Å²) in [4.78, 5) is 102. The molecule has 600 valence electrons. The molecule has 1 aromatic heterocycles. The average Bonchev–Trinajstić information content (AvgIpc) is 0.743.